The molecule has 14 heavy (non-hydrogen) atoms. The standard InChI is InChI=1S/C8H12N2O4/c1-5(11)14-6-2-3-10(8(6)13)4-7(9)12/h6H,2-4H2,1H3,(H2,9,12). The fourth-order valence-corrected chi connectivity index (χ4v) is 1.37. The second-order valence-electron chi connectivity index (χ2n) is 3.11. The van der Waals surface area contributed by atoms with Crippen molar-refractivity contribution in [3.63, 3.8) is 0 Å². The number of carbonyl (C=O) groups excluding carboxylic acids is 3. The SMILES string of the molecule is CC(=O)OC1CCN(CC(N)=O)C1=O. The first-order valence-electron chi connectivity index (χ1n) is 4.25. The van der Waals surface area contributed by atoms with Gasteiger partial charge in [0.2, 0.25) is 5.91 Å². The van der Waals surface area contributed by atoms with Gasteiger partial charge in [-0.25, -0.2) is 0 Å². The molecule has 0 aromatic rings. The van der Waals surface area contributed by atoms with Gasteiger partial charge in [0.25, 0.3) is 5.91 Å². The van der Waals surface area contributed by atoms with Crippen LogP contribution in [0.15, 0.2) is 0 Å². The maximum atomic E-state index is 11.4. The Hall–Kier alpha value is -1.59. The van der Waals surface area contributed by atoms with E-state index in [2.05, 4.69) is 0 Å². The van der Waals surface area contributed by atoms with Crippen LogP contribution in [0.5, 0.6) is 0 Å². The van der Waals surface area contributed by atoms with Crippen LogP contribution in [0.2, 0.25) is 0 Å². The van der Waals surface area contributed by atoms with E-state index in [1.165, 1.54) is 11.8 Å². The molecule has 1 aliphatic rings. The van der Waals surface area contributed by atoms with Crippen LogP contribution in [-0.2, 0) is 19.1 Å². The third-order valence-corrected chi connectivity index (χ3v) is 1.90. The van der Waals surface area contributed by atoms with Crippen LogP contribution < -0.4 is 5.73 Å². The Morgan fingerprint density at radius 2 is 2.29 bits per heavy atom. The predicted octanol–water partition coefficient (Wildman–Crippen LogP) is -1.36. The summed E-state index contributed by atoms with van der Waals surface area (Å²) in [5, 5.41) is 0. The van der Waals surface area contributed by atoms with Gasteiger partial charge in [-0.3, -0.25) is 14.4 Å². The number of primary amides is 1. The van der Waals surface area contributed by atoms with Crippen LogP contribution in [0.1, 0.15) is 13.3 Å². The zero-order valence-electron chi connectivity index (χ0n) is 7.86. The molecule has 78 valence electrons. The van der Waals surface area contributed by atoms with Crippen molar-refractivity contribution in [3.8, 4) is 0 Å². The first-order valence-corrected chi connectivity index (χ1v) is 4.25. The summed E-state index contributed by atoms with van der Waals surface area (Å²) in [7, 11) is 0. The lowest BCUT2D eigenvalue weighted by Crippen LogP contribution is -2.37. The predicted molar refractivity (Wildman–Crippen MR) is 45.9 cm³/mol. The quantitative estimate of drug-likeness (QED) is 0.569. The third kappa shape index (κ3) is 2.45. The van der Waals surface area contributed by atoms with Gasteiger partial charge in [0.1, 0.15) is 0 Å². The van der Waals surface area contributed by atoms with Crippen LogP contribution in [0.4, 0.5) is 0 Å². The Balaban J connectivity index is 2.51. The normalized spacial score (nSPS) is 21.1. The van der Waals surface area contributed by atoms with E-state index in [1.54, 1.807) is 0 Å². The highest BCUT2D eigenvalue weighted by Crippen LogP contribution is 2.13. The third-order valence-electron chi connectivity index (χ3n) is 1.90. The molecule has 0 bridgehead atoms. The van der Waals surface area contributed by atoms with Crippen LogP contribution in [-0.4, -0.2) is 41.9 Å². The minimum Gasteiger partial charge on any atom is -0.452 e. The lowest BCUT2D eigenvalue weighted by Gasteiger charge is -2.13. The Morgan fingerprint density at radius 3 is 2.79 bits per heavy atom. The van der Waals surface area contributed by atoms with Crippen molar-refractivity contribution in [2.75, 3.05) is 13.1 Å². The molecule has 1 aliphatic heterocycles. The van der Waals surface area contributed by atoms with Gasteiger partial charge >= 0.3 is 5.97 Å². The number of rotatable bonds is 3. The van der Waals surface area contributed by atoms with Gasteiger partial charge in [-0.05, 0) is 0 Å². The molecule has 1 unspecified atom stereocenters. The number of carbonyl (C=O) groups is 3. The zero-order valence-corrected chi connectivity index (χ0v) is 7.86. The zero-order chi connectivity index (χ0) is 10.7. The van der Waals surface area contributed by atoms with E-state index in [1.807, 2.05) is 0 Å². The summed E-state index contributed by atoms with van der Waals surface area (Å²) < 4.78 is 4.75. The van der Waals surface area contributed by atoms with E-state index in [0.717, 1.165) is 0 Å². The number of nitrogens with two attached hydrogens (primary N) is 1. The highest BCUT2D eigenvalue weighted by atomic mass is 16.5. The van der Waals surface area contributed by atoms with Crippen molar-refractivity contribution in [2.24, 2.45) is 5.73 Å². The molecule has 1 fully saturated rings. The highest BCUT2D eigenvalue weighted by Gasteiger charge is 2.34. The van der Waals surface area contributed by atoms with Crippen molar-refractivity contribution in [1.82, 2.24) is 4.90 Å². The first kappa shape index (κ1) is 10.5. The number of amides is 2. The number of hydrogen-bond donors (Lipinski definition) is 1. The molecule has 6 heteroatoms. The molecule has 1 atom stereocenters. The van der Waals surface area contributed by atoms with Crippen molar-refractivity contribution in [1.29, 1.82) is 0 Å². The summed E-state index contributed by atoms with van der Waals surface area (Å²) in [6.45, 7) is 1.53. The van der Waals surface area contributed by atoms with Crippen molar-refractivity contribution in [2.45, 2.75) is 19.4 Å². The molecule has 0 radical (unpaired) electrons. The first-order chi connectivity index (χ1) is 6.50. The van der Waals surface area contributed by atoms with E-state index in [4.69, 9.17) is 10.5 Å². The van der Waals surface area contributed by atoms with Gasteiger partial charge in [0.05, 0.1) is 6.54 Å². The number of nitrogens with zero attached hydrogens (tertiary/aromatic N) is 1. The Bertz CT molecular complexity index is 251. The average molecular weight is 200 g/mol. The number of likely N-dealkylation sites (tertiary alicyclic amines) is 1. The van der Waals surface area contributed by atoms with E-state index in [-0.39, 0.29) is 12.5 Å². The maximum Gasteiger partial charge on any atom is 0.303 e. The van der Waals surface area contributed by atoms with E-state index >= 15 is 0 Å². The molecule has 0 aliphatic carbocycles. The van der Waals surface area contributed by atoms with Crippen LogP contribution in [0, 0.1) is 0 Å². The fraction of sp³-hybridized carbons (Fsp3) is 0.625. The minimum absolute atomic E-state index is 0.114. The van der Waals surface area contributed by atoms with Crippen LogP contribution in [0.3, 0.4) is 0 Å². The molecule has 1 rings (SSSR count). The number of ether oxygens (including phenoxy) is 1. The minimum atomic E-state index is -0.744. The van der Waals surface area contributed by atoms with Gasteiger partial charge < -0.3 is 15.4 Å². The Morgan fingerprint density at radius 1 is 1.64 bits per heavy atom. The van der Waals surface area contributed by atoms with Gasteiger partial charge in [-0.2, -0.15) is 0 Å². The van der Waals surface area contributed by atoms with Gasteiger partial charge in [0.15, 0.2) is 6.10 Å². The Kier molecular flexibility index (Phi) is 3.06. The molecule has 0 aromatic carbocycles. The topological polar surface area (TPSA) is 89.7 Å². The molecule has 0 spiro atoms. The van der Waals surface area contributed by atoms with Gasteiger partial charge in [0, 0.05) is 19.9 Å². The van der Waals surface area contributed by atoms with Crippen LogP contribution in [0.25, 0.3) is 0 Å². The maximum absolute atomic E-state index is 11.4. The van der Waals surface area contributed by atoms with E-state index in [0.29, 0.717) is 13.0 Å². The van der Waals surface area contributed by atoms with E-state index < -0.39 is 18.0 Å². The second kappa shape index (κ2) is 4.08. The lowest BCUT2D eigenvalue weighted by atomic mass is 10.3. The van der Waals surface area contributed by atoms with Crippen molar-refractivity contribution in [3.05, 3.63) is 0 Å². The smallest absolute Gasteiger partial charge is 0.303 e. The molecular formula is C8H12N2O4. The van der Waals surface area contributed by atoms with Gasteiger partial charge in [-0.1, -0.05) is 0 Å². The Labute approximate surface area is 81.0 Å². The molecule has 1 saturated heterocycles. The van der Waals surface area contributed by atoms with Crippen LogP contribution >= 0.6 is 0 Å². The fourth-order valence-electron chi connectivity index (χ4n) is 1.37. The molecule has 0 saturated carbocycles. The molecule has 0 aromatic heterocycles. The number of esters is 1. The monoisotopic (exact) mass is 200 g/mol. The summed E-state index contributed by atoms with van der Waals surface area (Å²) in [6.07, 6.45) is -0.321. The van der Waals surface area contributed by atoms with Crippen molar-refractivity contribution < 1.29 is 19.1 Å². The molecular weight excluding hydrogens is 188 g/mol. The summed E-state index contributed by atoms with van der Waals surface area (Å²) in [5.74, 6) is -1.41. The second-order valence-corrected chi connectivity index (χ2v) is 3.11. The summed E-state index contributed by atoms with van der Waals surface area (Å²) in [6, 6.07) is 0. The number of hydrogen-bond acceptors (Lipinski definition) is 4. The largest absolute Gasteiger partial charge is 0.452 e. The van der Waals surface area contributed by atoms with E-state index in [9.17, 15) is 14.4 Å². The lowest BCUT2D eigenvalue weighted by molar-refractivity contribution is -0.154. The average Bonchev–Trinajstić information content (AvgIpc) is 2.34. The molecule has 6 nitrogen and oxygen atoms in total. The summed E-state index contributed by atoms with van der Waals surface area (Å²) in [4.78, 5) is 33.8. The summed E-state index contributed by atoms with van der Waals surface area (Å²) in [5.41, 5.74) is 4.94. The summed E-state index contributed by atoms with van der Waals surface area (Å²) >= 11 is 0. The van der Waals surface area contributed by atoms with Crippen molar-refractivity contribution >= 4 is 17.8 Å². The molecule has 2 amide bonds. The molecule has 2 N–H and O–H groups in total. The van der Waals surface area contributed by atoms with Gasteiger partial charge in [-0.15, -0.1) is 0 Å². The highest BCUT2D eigenvalue weighted by molar-refractivity contribution is 5.89. The molecule has 1 heterocycles.